The summed E-state index contributed by atoms with van der Waals surface area (Å²) in [5, 5.41) is 6.13. The average molecular weight is 315 g/mol. The maximum absolute atomic E-state index is 11.9. The monoisotopic (exact) mass is 314 g/mol. The molecule has 0 heterocycles. The predicted octanol–water partition coefficient (Wildman–Crippen LogP) is 3.02. The van der Waals surface area contributed by atoms with Crippen LogP contribution >= 0.6 is 12.4 Å². The van der Waals surface area contributed by atoms with E-state index in [0.717, 1.165) is 44.7 Å². The second-order valence-electron chi connectivity index (χ2n) is 4.73. The molecule has 0 saturated heterocycles. The van der Waals surface area contributed by atoms with Crippen molar-refractivity contribution in [1.29, 1.82) is 0 Å². The van der Waals surface area contributed by atoms with Gasteiger partial charge in [-0.3, -0.25) is 4.79 Å². The zero-order valence-corrected chi connectivity index (χ0v) is 13.8. The van der Waals surface area contributed by atoms with Crippen molar-refractivity contribution in [3.8, 4) is 5.75 Å². The number of halogens is 1. The van der Waals surface area contributed by atoms with Crippen molar-refractivity contribution in [3.05, 3.63) is 29.8 Å². The second-order valence-corrected chi connectivity index (χ2v) is 4.73. The van der Waals surface area contributed by atoms with Crippen LogP contribution in [0.5, 0.6) is 5.75 Å². The first kappa shape index (κ1) is 19.7. The molecule has 0 bridgehead atoms. The normalized spacial score (nSPS) is 9.81. The van der Waals surface area contributed by atoms with Crippen molar-refractivity contribution in [2.75, 3.05) is 26.2 Å². The maximum Gasteiger partial charge on any atom is 0.251 e. The fourth-order valence-corrected chi connectivity index (χ4v) is 1.71. The van der Waals surface area contributed by atoms with Crippen molar-refractivity contribution in [2.45, 2.75) is 33.1 Å². The highest BCUT2D eigenvalue weighted by Gasteiger charge is 2.04. The molecule has 120 valence electrons. The van der Waals surface area contributed by atoms with Gasteiger partial charge in [-0.05, 0) is 43.7 Å². The summed E-state index contributed by atoms with van der Waals surface area (Å²) in [7, 11) is 0. The van der Waals surface area contributed by atoms with Crippen LogP contribution in [0.1, 0.15) is 43.5 Å². The minimum atomic E-state index is -0.0385. The molecule has 0 atom stereocenters. The van der Waals surface area contributed by atoms with Gasteiger partial charge in [0, 0.05) is 18.7 Å². The lowest BCUT2D eigenvalue weighted by Crippen LogP contribution is -2.32. The second kappa shape index (κ2) is 12.5. The average Bonchev–Trinajstić information content (AvgIpc) is 2.48. The van der Waals surface area contributed by atoms with Gasteiger partial charge < -0.3 is 15.4 Å². The Morgan fingerprint density at radius 2 is 1.76 bits per heavy atom. The number of hydrogen-bond acceptors (Lipinski definition) is 3. The number of ether oxygens (including phenoxy) is 1. The number of unbranched alkanes of at least 4 members (excludes halogenated alkanes) is 1. The van der Waals surface area contributed by atoms with E-state index in [1.165, 1.54) is 0 Å². The molecule has 1 aromatic rings. The van der Waals surface area contributed by atoms with E-state index in [9.17, 15) is 4.79 Å². The zero-order valence-electron chi connectivity index (χ0n) is 13.0. The molecule has 1 aromatic carbocycles. The first-order chi connectivity index (χ1) is 9.77. The number of carbonyl (C=O) groups excluding carboxylic acids is 1. The van der Waals surface area contributed by atoms with Gasteiger partial charge in [-0.15, -0.1) is 12.4 Å². The van der Waals surface area contributed by atoms with Crippen LogP contribution in [0.25, 0.3) is 0 Å². The van der Waals surface area contributed by atoms with Gasteiger partial charge in [-0.2, -0.15) is 0 Å². The Hall–Kier alpha value is -1.26. The Morgan fingerprint density at radius 3 is 2.38 bits per heavy atom. The molecular formula is C16H27ClN2O2. The van der Waals surface area contributed by atoms with Crippen LogP contribution in [0.3, 0.4) is 0 Å². The number of carbonyl (C=O) groups is 1. The van der Waals surface area contributed by atoms with Gasteiger partial charge >= 0.3 is 0 Å². The summed E-state index contributed by atoms with van der Waals surface area (Å²) >= 11 is 0. The SMILES string of the molecule is CCCCOc1ccc(C(=O)NCCNCCC)cc1.Cl. The first-order valence-corrected chi connectivity index (χ1v) is 7.49. The molecular weight excluding hydrogens is 288 g/mol. The van der Waals surface area contributed by atoms with E-state index in [1.807, 2.05) is 12.1 Å². The quantitative estimate of drug-likeness (QED) is 0.653. The molecule has 4 nitrogen and oxygen atoms in total. The molecule has 21 heavy (non-hydrogen) atoms. The van der Waals surface area contributed by atoms with Gasteiger partial charge in [0.25, 0.3) is 5.91 Å². The molecule has 1 rings (SSSR count). The largest absolute Gasteiger partial charge is 0.494 e. The summed E-state index contributed by atoms with van der Waals surface area (Å²) in [6.45, 7) is 7.41. The van der Waals surface area contributed by atoms with Gasteiger partial charge in [0.2, 0.25) is 0 Å². The third-order valence-corrected chi connectivity index (χ3v) is 2.90. The lowest BCUT2D eigenvalue weighted by atomic mass is 10.2. The third kappa shape index (κ3) is 8.58. The highest BCUT2D eigenvalue weighted by molar-refractivity contribution is 5.94. The van der Waals surface area contributed by atoms with Crippen LogP contribution in [0.15, 0.2) is 24.3 Å². The van der Waals surface area contributed by atoms with Crippen LogP contribution in [-0.2, 0) is 0 Å². The Kier molecular flexibility index (Phi) is 11.7. The summed E-state index contributed by atoms with van der Waals surface area (Å²) in [4.78, 5) is 11.9. The van der Waals surface area contributed by atoms with Crippen molar-refractivity contribution in [3.63, 3.8) is 0 Å². The number of nitrogens with one attached hydrogen (secondary N) is 2. The van der Waals surface area contributed by atoms with E-state index in [2.05, 4.69) is 24.5 Å². The summed E-state index contributed by atoms with van der Waals surface area (Å²) < 4.78 is 5.56. The molecule has 1 amide bonds. The molecule has 0 aliphatic carbocycles. The van der Waals surface area contributed by atoms with Crippen molar-refractivity contribution < 1.29 is 9.53 Å². The fourth-order valence-electron chi connectivity index (χ4n) is 1.71. The summed E-state index contributed by atoms with van der Waals surface area (Å²) in [6.07, 6.45) is 3.27. The summed E-state index contributed by atoms with van der Waals surface area (Å²) in [5.74, 6) is 0.781. The molecule has 0 fully saturated rings. The summed E-state index contributed by atoms with van der Waals surface area (Å²) in [5.41, 5.74) is 0.670. The molecule has 0 unspecified atom stereocenters. The Balaban J connectivity index is 0.00000400. The topological polar surface area (TPSA) is 50.4 Å². The van der Waals surface area contributed by atoms with Crippen molar-refractivity contribution >= 4 is 18.3 Å². The van der Waals surface area contributed by atoms with E-state index in [-0.39, 0.29) is 18.3 Å². The summed E-state index contributed by atoms with van der Waals surface area (Å²) in [6, 6.07) is 7.30. The van der Waals surface area contributed by atoms with Gasteiger partial charge in [-0.1, -0.05) is 20.3 Å². The van der Waals surface area contributed by atoms with E-state index in [1.54, 1.807) is 12.1 Å². The van der Waals surface area contributed by atoms with Gasteiger partial charge in [0.1, 0.15) is 5.75 Å². The molecule has 0 spiro atoms. The lowest BCUT2D eigenvalue weighted by Gasteiger charge is -2.08. The fraction of sp³-hybridized carbons (Fsp3) is 0.562. The maximum atomic E-state index is 11.9. The Labute approximate surface area is 134 Å². The molecule has 5 heteroatoms. The van der Waals surface area contributed by atoms with Crippen LogP contribution in [0.2, 0.25) is 0 Å². The first-order valence-electron chi connectivity index (χ1n) is 7.49. The highest BCUT2D eigenvalue weighted by atomic mass is 35.5. The van der Waals surface area contributed by atoms with Gasteiger partial charge in [-0.25, -0.2) is 0 Å². The molecule has 0 aliphatic rings. The van der Waals surface area contributed by atoms with Gasteiger partial charge in [0.15, 0.2) is 0 Å². The lowest BCUT2D eigenvalue weighted by molar-refractivity contribution is 0.0954. The Bertz CT molecular complexity index is 382. The van der Waals surface area contributed by atoms with Crippen LogP contribution < -0.4 is 15.4 Å². The van der Waals surface area contributed by atoms with E-state index in [4.69, 9.17) is 4.74 Å². The Morgan fingerprint density at radius 1 is 1.05 bits per heavy atom. The van der Waals surface area contributed by atoms with E-state index in [0.29, 0.717) is 12.1 Å². The minimum Gasteiger partial charge on any atom is -0.494 e. The predicted molar refractivity (Wildman–Crippen MR) is 89.6 cm³/mol. The van der Waals surface area contributed by atoms with Crippen LogP contribution in [0.4, 0.5) is 0 Å². The minimum absolute atomic E-state index is 0. The van der Waals surface area contributed by atoms with E-state index >= 15 is 0 Å². The molecule has 0 saturated carbocycles. The van der Waals surface area contributed by atoms with Crippen molar-refractivity contribution in [1.82, 2.24) is 10.6 Å². The van der Waals surface area contributed by atoms with Crippen molar-refractivity contribution in [2.24, 2.45) is 0 Å². The zero-order chi connectivity index (χ0) is 14.6. The number of rotatable bonds is 10. The molecule has 0 radical (unpaired) electrons. The van der Waals surface area contributed by atoms with Gasteiger partial charge in [0.05, 0.1) is 6.61 Å². The van der Waals surface area contributed by atoms with Crippen LogP contribution in [0, 0.1) is 0 Å². The number of hydrogen-bond donors (Lipinski definition) is 2. The standard InChI is InChI=1S/C16H26N2O2.ClH/c1-3-5-13-20-15-8-6-14(7-9-15)16(19)18-12-11-17-10-4-2;/h6-9,17H,3-5,10-13H2,1-2H3,(H,18,19);1H. The third-order valence-electron chi connectivity index (χ3n) is 2.90. The smallest absolute Gasteiger partial charge is 0.251 e. The molecule has 0 aromatic heterocycles. The number of amides is 1. The number of benzene rings is 1. The van der Waals surface area contributed by atoms with Crippen LogP contribution in [-0.4, -0.2) is 32.1 Å². The highest BCUT2D eigenvalue weighted by Crippen LogP contribution is 2.12. The molecule has 2 N–H and O–H groups in total. The van der Waals surface area contributed by atoms with E-state index < -0.39 is 0 Å². The molecule has 0 aliphatic heterocycles.